The number of benzene rings is 1. The zero-order valence-electron chi connectivity index (χ0n) is 13.2. The summed E-state index contributed by atoms with van der Waals surface area (Å²) in [5.74, 6) is -0.114. The molecule has 7 nitrogen and oxygen atoms in total. The second-order valence-corrected chi connectivity index (χ2v) is 5.34. The Hall–Kier alpha value is -3.11. The maximum Gasteiger partial charge on any atom is 0.260 e. The van der Waals surface area contributed by atoms with Gasteiger partial charge in [0.15, 0.2) is 5.82 Å². The Morgan fingerprint density at radius 3 is 3.04 bits per heavy atom. The molecule has 0 saturated carbocycles. The summed E-state index contributed by atoms with van der Waals surface area (Å²) >= 11 is 0. The number of nitriles is 1. The van der Waals surface area contributed by atoms with Gasteiger partial charge in [0.05, 0.1) is 11.3 Å². The molecular formula is C17H17N5O2. The van der Waals surface area contributed by atoms with Crippen molar-refractivity contribution in [2.24, 2.45) is 0 Å². The zero-order valence-corrected chi connectivity index (χ0v) is 13.2. The van der Waals surface area contributed by atoms with Gasteiger partial charge in [0, 0.05) is 5.39 Å². The molecule has 7 heteroatoms. The highest BCUT2D eigenvalue weighted by atomic mass is 16.3. The summed E-state index contributed by atoms with van der Waals surface area (Å²) in [5, 5.41) is 22.7. The van der Waals surface area contributed by atoms with Crippen LogP contribution in [0.4, 0.5) is 5.82 Å². The van der Waals surface area contributed by atoms with E-state index in [0.717, 1.165) is 24.0 Å². The number of rotatable bonds is 6. The number of aryl methyl sites for hydroxylation is 1. The first-order chi connectivity index (χ1) is 11.7. The molecule has 0 aliphatic rings. The molecule has 0 aliphatic carbocycles. The number of nitrogens with zero attached hydrogens (tertiary/aromatic N) is 2. The number of carbonyl (C=O) groups is 1. The molecule has 2 heterocycles. The van der Waals surface area contributed by atoms with Crippen LogP contribution in [-0.4, -0.2) is 29.7 Å². The van der Waals surface area contributed by atoms with E-state index < -0.39 is 0 Å². The molecule has 0 spiro atoms. The number of anilines is 1. The monoisotopic (exact) mass is 323 g/mol. The molecule has 122 valence electrons. The fraction of sp³-hybridized carbons (Fsp3) is 0.235. The largest absolute Gasteiger partial charge is 0.463 e. The van der Waals surface area contributed by atoms with Crippen LogP contribution in [-0.2, 0) is 6.42 Å². The molecular weight excluding hydrogens is 306 g/mol. The topological polar surface area (TPSA) is 107 Å². The van der Waals surface area contributed by atoms with E-state index >= 15 is 0 Å². The summed E-state index contributed by atoms with van der Waals surface area (Å²) in [6, 6.07) is 9.39. The van der Waals surface area contributed by atoms with Crippen LogP contribution in [0.1, 0.15) is 28.0 Å². The Kier molecular flexibility index (Phi) is 4.59. The van der Waals surface area contributed by atoms with Crippen molar-refractivity contribution < 1.29 is 9.21 Å². The zero-order chi connectivity index (χ0) is 16.9. The van der Waals surface area contributed by atoms with Gasteiger partial charge in [-0.25, -0.2) is 0 Å². The summed E-state index contributed by atoms with van der Waals surface area (Å²) in [6.07, 6.45) is 2.96. The van der Waals surface area contributed by atoms with E-state index in [-0.39, 0.29) is 11.7 Å². The summed E-state index contributed by atoms with van der Waals surface area (Å²) in [4.78, 5) is 12.5. The van der Waals surface area contributed by atoms with Crippen LogP contribution >= 0.6 is 0 Å². The number of para-hydroxylation sites is 1. The van der Waals surface area contributed by atoms with E-state index in [4.69, 9.17) is 4.42 Å². The maximum absolute atomic E-state index is 12.5. The van der Waals surface area contributed by atoms with Crippen molar-refractivity contribution in [3.63, 3.8) is 0 Å². The average Bonchev–Trinajstić information content (AvgIpc) is 3.19. The third-order valence-corrected chi connectivity index (χ3v) is 3.76. The van der Waals surface area contributed by atoms with Gasteiger partial charge in [-0.3, -0.25) is 9.89 Å². The van der Waals surface area contributed by atoms with Gasteiger partial charge in [0.2, 0.25) is 0 Å². The van der Waals surface area contributed by atoms with Gasteiger partial charge in [-0.05, 0) is 32.5 Å². The Morgan fingerprint density at radius 2 is 2.25 bits per heavy atom. The number of hydrogen-bond acceptors (Lipinski definition) is 5. The van der Waals surface area contributed by atoms with Crippen LogP contribution in [0.5, 0.6) is 0 Å². The summed E-state index contributed by atoms with van der Waals surface area (Å²) in [7, 11) is 1.87. The Morgan fingerprint density at radius 1 is 1.42 bits per heavy atom. The summed E-state index contributed by atoms with van der Waals surface area (Å²) in [6.45, 7) is 0.840. The first-order valence-corrected chi connectivity index (χ1v) is 7.64. The van der Waals surface area contributed by atoms with Crippen LogP contribution in [0.3, 0.4) is 0 Å². The molecule has 0 bridgehead atoms. The average molecular weight is 323 g/mol. The van der Waals surface area contributed by atoms with Crippen molar-refractivity contribution in [2.75, 3.05) is 18.9 Å². The first-order valence-electron chi connectivity index (χ1n) is 7.64. The molecule has 0 saturated heterocycles. The molecule has 3 N–H and O–H groups in total. The molecule has 0 radical (unpaired) electrons. The van der Waals surface area contributed by atoms with Gasteiger partial charge in [0.1, 0.15) is 23.5 Å². The molecule has 3 aromatic rings. The van der Waals surface area contributed by atoms with Gasteiger partial charge < -0.3 is 15.1 Å². The molecule has 1 aromatic carbocycles. The van der Waals surface area contributed by atoms with Crippen LogP contribution in [0.15, 0.2) is 34.9 Å². The highest BCUT2D eigenvalue weighted by Crippen LogP contribution is 2.23. The second-order valence-electron chi connectivity index (χ2n) is 5.34. The lowest BCUT2D eigenvalue weighted by Gasteiger charge is -2.01. The number of H-pyrrole nitrogens is 1. The number of amides is 1. The molecule has 0 aliphatic heterocycles. The van der Waals surface area contributed by atoms with Crippen LogP contribution in [0, 0.1) is 11.3 Å². The lowest BCUT2D eigenvalue weighted by molar-refractivity contribution is 0.102. The highest BCUT2D eigenvalue weighted by molar-refractivity contribution is 6.12. The van der Waals surface area contributed by atoms with E-state index in [1.807, 2.05) is 25.2 Å². The molecule has 1 amide bonds. The van der Waals surface area contributed by atoms with Crippen molar-refractivity contribution in [3.05, 3.63) is 47.3 Å². The van der Waals surface area contributed by atoms with Crippen LogP contribution in [0.2, 0.25) is 0 Å². The number of hydrogen-bond donors (Lipinski definition) is 3. The van der Waals surface area contributed by atoms with E-state index in [1.54, 1.807) is 6.07 Å². The fourth-order valence-corrected chi connectivity index (χ4v) is 2.54. The number of carbonyl (C=O) groups excluding carboxylic acids is 1. The second kappa shape index (κ2) is 6.98. The van der Waals surface area contributed by atoms with Gasteiger partial charge in [-0.1, -0.05) is 18.2 Å². The summed E-state index contributed by atoms with van der Waals surface area (Å²) in [5.41, 5.74) is 2.14. The molecule has 0 fully saturated rings. The van der Waals surface area contributed by atoms with Crippen LogP contribution < -0.4 is 10.6 Å². The number of aromatic nitrogens is 2. The number of nitrogens with one attached hydrogen (secondary N) is 3. The van der Waals surface area contributed by atoms with E-state index in [2.05, 4.69) is 26.9 Å². The lowest BCUT2D eigenvalue weighted by Crippen LogP contribution is -2.12. The fourth-order valence-electron chi connectivity index (χ4n) is 2.54. The first kappa shape index (κ1) is 15.8. The van der Waals surface area contributed by atoms with Gasteiger partial charge in [-0.15, -0.1) is 0 Å². The molecule has 2 aromatic heterocycles. The van der Waals surface area contributed by atoms with Crippen molar-refractivity contribution in [1.82, 2.24) is 15.5 Å². The van der Waals surface area contributed by atoms with Crippen molar-refractivity contribution >= 4 is 22.7 Å². The minimum atomic E-state index is -0.357. The van der Waals surface area contributed by atoms with E-state index in [1.165, 1.54) is 6.26 Å². The Balaban J connectivity index is 1.81. The molecule has 0 atom stereocenters. The van der Waals surface area contributed by atoms with Crippen molar-refractivity contribution in [1.29, 1.82) is 5.26 Å². The number of aromatic amines is 1. The minimum Gasteiger partial charge on any atom is -0.463 e. The maximum atomic E-state index is 12.5. The normalized spacial score (nSPS) is 10.7. The van der Waals surface area contributed by atoms with E-state index in [0.29, 0.717) is 23.1 Å². The predicted molar refractivity (Wildman–Crippen MR) is 89.7 cm³/mol. The van der Waals surface area contributed by atoms with Gasteiger partial charge >= 0.3 is 0 Å². The molecule has 3 rings (SSSR count). The lowest BCUT2D eigenvalue weighted by atomic mass is 10.1. The highest BCUT2D eigenvalue weighted by Gasteiger charge is 2.18. The standard InChI is InChI=1S/C17H17N5O2/c1-19-8-4-6-14-12(9-18)16(22-21-14)20-17(23)13-10-24-15-7-3-2-5-11(13)15/h2-3,5,7,10,19H,4,6,8H2,1H3,(H2,20,21,22,23). The van der Waals surface area contributed by atoms with E-state index in [9.17, 15) is 10.1 Å². The predicted octanol–water partition coefficient (Wildman–Crippen LogP) is 2.43. The Bertz CT molecular complexity index is 903. The molecule has 24 heavy (non-hydrogen) atoms. The van der Waals surface area contributed by atoms with Crippen molar-refractivity contribution in [3.8, 4) is 6.07 Å². The van der Waals surface area contributed by atoms with Crippen molar-refractivity contribution in [2.45, 2.75) is 12.8 Å². The Labute approximate surface area is 138 Å². The smallest absolute Gasteiger partial charge is 0.260 e. The third kappa shape index (κ3) is 3.00. The molecule has 0 unspecified atom stereocenters. The third-order valence-electron chi connectivity index (χ3n) is 3.76. The van der Waals surface area contributed by atoms with Crippen LogP contribution in [0.25, 0.3) is 11.0 Å². The number of furan rings is 1. The minimum absolute atomic E-state index is 0.243. The van der Waals surface area contributed by atoms with Gasteiger partial charge in [-0.2, -0.15) is 10.4 Å². The quantitative estimate of drug-likeness (QED) is 0.604. The summed E-state index contributed by atoms with van der Waals surface area (Å²) < 4.78 is 5.37. The SMILES string of the molecule is CNCCCc1[nH]nc(NC(=O)c2coc3ccccc23)c1C#N. The number of fused-ring (bicyclic) bond motifs is 1. The van der Waals surface area contributed by atoms with Gasteiger partial charge in [0.25, 0.3) is 5.91 Å².